The summed E-state index contributed by atoms with van der Waals surface area (Å²) < 4.78 is 27.8. The van der Waals surface area contributed by atoms with E-state index in [-0.39, 0.29) is 17.2 Å². The van der Waals surface area contributed by atoms with E-state index in [1.54, 1.807) is 0 Å². The van der Waals surface area contributed by atoms with Crippen LogP contribution in [0.4, 0.5) is 0 Å². The van der Waals surface area contributed by atoms with Crippen LogP contribution in [-0.2, 0) is 10.0 Å². The highest BCUT2D eigenvalue weighted by molar-refractivity contribution is 7.89. The molecule has 6 heteroatoms. The SMILES string of the molecule is CC(C)(C)CCS(=O)(=O)N(CCC1CCCN1)C1CCNCC1. The molecule has 0 spiro atoms. The molecule has 23 heavy (non-hydrogen) atoms. The van der Waals surface area contributed by atoms with Crippen LogP contribution in [-0.4, -0.2) is 56.7 Å². The zero-order chi connectivity index (χ0) is 16.9. The normalized spacial score (nSPS) is 24.4. The third-order valence-corrected chi connectivity index (χ3v) is 6.96. The molecule has 2 heterocycles. The van der Waals surface area contributed by atoms with Crippen LogP contribution >= 0.6 is 0 Å². The van der Waals surface area contributed by atoms with E-state index < -0.39 is 10.0 Å². The topological polar surface area (TPSA) is 61.4 Å². The van der Waals surface area contributed by atoms with Crippen LogP contribution in [0, 0.1) is 5.41 Å². The molecule has 0 aromatic carbocycles. The fraction of sp³-hybridized carbons (Fsp3) is 1.00. The molecule has 2 aliphatic rings. The van der Waals surface area contributed by atoms with Crippen molar-refractivity contribution in [3.63, 3.8) is 0 Å². The van der Waals surface area contributed by atoms with Crippen molar-refractivity contribution in [2.75, 3.05) is 31.9 Å². The van der Waals surface area contributed by atoms with Crippen molar-refractivity contribution in [3.05, 3.63) is 0 Å². The highest BCUT2D eigenvalue weighted by Gasteiger charge is 2.32. The first kappa shape index (κ1) is 19.2. The van der Waals surface area contributed by atoms with Crippen LogP contribution in [0.5, 0.6) is 0 Å². The lowest BCUT2D eigenvalue weighted by Crippen LogP contribution is -2.48. The third-order valence-electron chi connectivity index (χ3n) is 5.04. The molecule has 0 radical (unpaired) electrons. The Morgan fingerprint density at radius 1 is 1.09 bits per heavy atom. The van der Waals surface area contributed by atoms with Gasteiger partial charge in [-0.05, 0) is 63.6 Å². The first-order chi connectivity index (χ1) is 10.8. The van der Waals surface area contributed by atoms with Crippen molar-refractivity contribution in [2.24, 2.45) is 5.41 Å². The Morgan fingerprint density at radius 3 is 2.35 bits per heavy atom. The number of hydrogen-bond donors (Lipinski definition) is 2. The van der Waals surface area contributed by atoms with Crippen molar-refractivity contribution in [1.82, 2.24) is 14.9 Å². The molecule has 0 bridgehead atoms. The summed E-state index contributed by atoms with van der Waals surface area (Å²) in [5.41, 5.74) is 0.0554. The van der Waals surface area contributed by atoms with E-state index in [2.05, 4.69) is 31.4 Å². The minimum absolute atomic E-state index is 0.0554. The first-order valence-electron chi connectivity index (χ1n) is 9.21. The molecule has 0 aromatic rings. The van der Waals surface area contributed by atoms with E-state index in [0.717, 1.165) is 45.3 Å². The van der Waals surface area contributed by atoms with Crippen molar-refractivity contribution in [2.45, 2.75) is 71.4 Å². The van der Waals surface area contributed by atoms with Gasteiger partial charge in [0.2, 0.25) is 10.0 Å². The van der Waals surface area contributed by atoms with Gasteiger partial charge in [0.15, 0.2) is 0 Å². The van der Waals surface area contributed by atoms with E-state index in [1.165, 1.54) is 12.8 Å². The van der Waals surface area contributed by atoms with Crippen LogP contribution in [0.1, 0.15) is 59.3 Å². The van der Waals surface area contributed by atoms with Gasteiger partial charge in [-0.3, -0.25) is 0 Å². The lowest BCUT2D eigenvalue weighted by Gasteiger charge is -2.35. The van der Waals surface area contributed by atoms with Crippen LogP contribution < -0.4 is 10.6 Å². The van der Waals surface area contributed by atoms with Crippen LogP contribution in [0.15, 0.2) is 0 Å². The van der Waals surface area contributed by atoms with Crippen LogP contribution in [0.3, 0.4) is 0 Å². The van der Waals surface area contributed by atoms with Gasteiger partial charge >= 0.3 is 0 Å². The number of nitrogens with zero attached hydrogens (tertiary/aromatic N) is 1. The summed E-state index contributed by atoms with van der Waals surface area (Å²) in [5.74, 6) is 0.276. The van der Waals surface area contributed by atoms with Gasteiger partial charge in [-0.1, -0.05) is 20.8 Å². The Bertz CT molecular complexity index is 447. The summed E-state index contributed by atoms with van der Waals surface area (Å²) in [6.07, 6.45) is 5.94. The number of hydrogen-bond acceptors (Lipinski definition) is 4. The second-order valence-electron chi connectivity index (χ2n) is 8.30. The molecule has 1 unspecified atom stereocenters. The van der Waals surface area contributed by atoms with Crippen LogP contribution in [0.2, 0.25) is 0 Å². The van der Waals surface area contributed by atoms with Crippen LogP contribution in [0.25, 0.3) is 0 Å². The Hall–Kier alpha value is -0.170. The third kappa shape index (κ3) is 6.33. The lowest BCUT2D eigenvalue weighted by molar-refractivity contribution is 0.251. The molecule has 2 rings (SSSR count). The predicted octanol–water partition coefficient (Wildman–Crippen LogP) is 1.95. The monoisotopic (exact) mass is 345 g/mol. The fourth-order valence-electron chi connectivity index (χ4n) is 3.48. The lowest BCUT2D eigenvalue weighted by atomic mass is 9.94. The number of sulfonamides is 1. The molecule has 0 amide bonds. The Kier molecular flexibility index (Phi) is 6.89. The Balaban J connectivity index is 2.01. The molecular formula is C17H35N3O2S. The molecule has 0 aliphatic carbocycles. The van der Waals surface area contributed by atoms with E-state index in [4.69, 9.17) is 0 Å². The van der Waals surface area contributed by atoms with Crippen molar-refractivity contribution in [1.29, 1.82) is 0 Å². The average molecular weight is 346 g/mol. The van der Waals surface area contributed by atoms with Gasteiger partial charge < -0.3 is 10.6 Å². The molecule has 0 aromatic heterocycles. The molecule has 136 valence electrons. The van der Waals surface area contributed by atoms with Gasteiger partial charge in [0.1, 0.15) is 0 Å². The second kappa shape index (κ2) is 8.28. The molecule has 1 atom stereocenters. The van der Waals surface area contributed by atoms with Gasteiger partial charge in [0.25, 0.3) is 0 Å². The number of rotatable bonds is 7. The minimum Gasteiger partial charge on any atom is -0.317 e. The smallest absolute Gasteiger partial charge is 0.214 e. The number of nitrogens with one attached hydrogen (secondary N) is 2. The Labute approximate surface area is 142 Å². The summed E-state index contributed by atoms with van der Waals surface area (Å²) in [4.78, 5) is 0. The zero-order valence-corrected chi connectivity index (χ0v) is 15.9. The molecule has 5 nitrogen and oxygen atoms in total. The zero-order valence-electron chi connectivity index (χ0n) is 15.1. The van der Waals surface area contributed by atoms with E-state index in [9.17, 15) is 8.42 Å². The standard InChI is InChI=1S/C17H35N3O2S/c1-17(2,3)9-14-23(21,22)20(16-6-11-18-12-7-16)13-8-15-5-4-10-19-15/h15-16,18-19H,4-14H2,1-3H3. The molecule has 2 fully saturated rings. The summed E-state index contributed by atoms with van der Waals surface area (Å²) in [6.45, 7) is 9.94. The maximum Gasteiger partial charge on any atom is 0.214 e. The minimum atomic E-state index is -3.17. The van der Waals surface area contributed by atoms with Gasteiger partial charge in [-0.15, -0.1) is 0 Å². The maximum atomic E-state index is 13.0. The largest absolute Gasteiger partial charge is 0.317 e. The highest BCUT2D eigenvalue weighted by Crippen LogP contribution is 2.24. The molecular weight excluding hydrogens is 310 g/mol. The maximum absolute atomic E-state index is 13.0. The van der Waals surface area contributed by atoms with E-state index in [1.807, 2.05) is 4.31 Å². The highest BCUT2D eigenvalue weighted by atomic mass is 32.2. The summed E-state index contributed by atoms with van der Waals surface area (Å²) >= 11 is 0. The average Bonchev–Trinajstić information content (AvgIpc) is 2.99. The van der Waals surface area contributed by atoms with Crippen molar-refractivity contribution in [3.8, 4) is 0 Å². The molecule has 2 N–H and O–H groups in total. The number of piperidine rings is 1. The van der Waals surface area contributed by atoms with Crippen molar-refractivity contribution >= 4 is 10.0 Å². The predicted molar refractivity (Wildman–Crippen MR) is 96.1 cm³/mol. The van der Waals surface area contributed by atoms with Gasteiger partial charge in [0.05, 0.1) is 5.75 Å². The first-order valence-corrected chi connectivity index (χ1v) is 10.8. The summed E-state index contributed by atoms with van der Waals surface area (Å²) in [6, 6.07) is 0.680. The summed E-state index contributed by atoms with van der Waals surface area (Å²) in [5, 5.41) is 6.83. The second-order valence-corrected chi connectivity index (χ2v) is 10.3. The molecule has 2 saturated heterocycles. The van der Waals surface area contributed by atoms with Crippen molar-refractivity contribution < 1.29 is 8.42 Å². The molecule has 2 aliphatic heterocycles. The quantitative estimate of drug-likeness (QED) is 0.740. The van der Waals surface area contributed by atoms with Gasteiger partial charge in [0, 0.05) is 18.6 Å². The Morgan fingerprint density at radius 2 is 1.78 bits per heavy atom. The fourth-order valence-corrected chi connectivity index (χ4v) is 5.64. The van der Waals surface area contributed by atoms with Gasteiger partial charge in [-0.2, -0.15) is 4.31 Å². The molecule has 0 saturated carbocycles. The van der Waals surface area contributed by atoms with E-state index >= 15 is 0 Å². The van der Waals surface area contributed by atoms with Gasteiger partial charge in [-0.25, -0.2) is 8.42 Å². The summed E-state index contributed by atoms with van der Waals surface area (Å²) in [7, 11) is -3.17. The van der Waals surface area contributed by atoms with E-state index in [0.29, 0.717) is 12.6 Å².